The zero-order valence-corrected chi connectivity index (χ0v) is 15.3. The molecule has 0 amide bonds. The van der Waals surface area contributed by atoms with Gasteiger partial charge in [0, 0.05) is 5.56 Å². The van der Waals surface area contributed by atoms with Crippen LogP contribution in [0.2, 0.25) is 0 Å². The lowest BCUT2D eigenvalue weighted by Gasteiger charge is -2.10. The number of allylic oxidation sites excluding steroid dienone is 1. The first-order valence-corrected chi connectivity index (χ1v) is 8.60. The highest BCUT2D eigenvalue weighted by Gasteiger charge is 2.07. The molecule has 0 spiro atoms. The average Bonchev–Trinajstić information content (AvgIpc) is 3.26. The molecule has 0 radical (unpaired) electrons. The molecule has 0 saturated heterocycles. The fourth-order valence-electron chi connectivity index (χ4n) is 2.48. The second-order valence-corrected chi connectivity index (χ2v) is 5.63. The smallest absolute Gasteiger partial charge is 0.185 e. The zero-order valence-electron chi connectivity index (χ0n) is 15.3. The van der Waals surface area contributed by atoms with Gasteiger partial charge in [0.05, 0.1) is 12.3 Å². The number of rotatable bonds is 8. The fourth-order valence-corrected chi connectivity index (χ4v) is 2.48. The zero-order chi connectivity index (χ0) is 19.8. The van der Waals surface area contributed by atoms with E-state index in [1.165, 1.54) is 17.1 Å². The molecule has 0 unspecified atom stereocenters. The van der Waals surface area contributed by atoms with E-state index in [1.54, 1.807) is 36.4 Å². The highest BCUT2D eigenvalue weighted by Crippen LogP contribution is 2.29. The van der Waals surface area contributed by atoms with Crippen molar-refractivity contribution in [2.24, 2.45) is 0 Å². The summed E-state index contributed by atoms with van der Waals surface area (Å²) in [6.45, 7) is 2.53. The topological polar surface area (TPSA) is 79.1 Å². The van der Waals surface area contributed by atoms with Crippen LogP contribution in [0.3, 0.4) is 0 Å². The first-order chi connectivity index (χ1) is 13.7. The summed E-state index contributed by atoms with van der Waals surface area (Å²) in [5.41, 5.74) is 2.04. The van der Waals surface area contributed by atoms with E-state index in [9.17, 15) is 4.79 Å². The van der Waals surface area contributed by atoms with Gasteiger partial charge in [0.1, 0.15) is 12.9 Å². The molecule has 1 heterocycles. The summed E-state index contributed by atoms with van der Waals surface area (Å²) in [7, 11) is 0. The van der Waals surface area contributed by atoms with Crippen LogP contribution in [0.1, 0.15) is 22.8 Å². The number of hydrogen-bond acceptors (Lipinski definition) is 6. The Balaban J connectivity index is 1.78. The Kier molecular flexibility index (Phi) is 6.16. The number of aromatic nitrogens is 4. The number of benzene rings is 2. The number of hydrogen-bond donors (Lipinski definition) is 0. The molecular weight excluding hydrogens is 356 g/mol. The van der Waals surface area contributed by atoms with Gasteiger partial charge in [-0.05, 0) is 53.3 Å². The second-order valence-electron chi connectivity index (χ2n) is 5.63. The van der Waals surface area contributed by atoms with Crippen molar-refractivity contribution >= 4 is 11.9 Å². The van der Waals surface area contributed by atoms with Gasteiger partial charge in [-0.3, -0.25) is 4.79 Å². The normalized spacial score (nSPS) is 10.6. The summed E-state index contributed by atoms with van der Waals surface area (Å²) in [5, 5.41) is 11.0. The minimum atomic E-state index is -0.138. The number of ether oxygens (including phenoxy) is 2. The summed E-state index contributed by atoms with van der Waals surface area (Å²) in [5.74, 6) is 3.43. The summed E-state index contributed by atoms with van der Waals surface area (Å²) in [6, 6.07) is 12.5. The van der Waals surface area contributed by atoms with Crippen LogP contribution < -0.4 is 9.47 Å². The number of ketones is 1. The van der Waals surface area contributed by atoms with E-state index >= 15 is 0 Å². The van der Waals surface area contributed by atoms with E-state index < -0.39 is 0 Å². The number of carbonyl (C=O) groups excluding carboxylic acids is 1. The maximum atomic E-state index is 12.5. The van der Waals surface area contributed by atoms with Crippen LogP contribution in [0.15, 0.2) is 54.9 Å². The molecule has 0 aliphatic rings. The molecule has 7 heteroatoms. The number of terminal acetylenes is 1. The summed E-state index contributed by atoms with van der Waals surface area (Å²) in [4.78, 5) is 12.5. The van der Waals surface area contributed by atoms with Crippen molar-refractivity contribution in [1.29, 1.82) is 0 Å². The van der Waals surface area contributed by atoms with Crippen molar-refractivity contribution in [3.8, 4) is 29.5 Å². The van der Waals surface area contributed by atoms with E-state index in [4.69, 9.17) is 15.9 Å². The van der Waals surface area contributed by atoms with Gasteiger partial charge in [0.25, 0.3) is 0 Å². The first kappa shape index (κ1) is 18.9. The van der Waals surface area contributed by atoms with Gasteiger partial charge in [-0.15, -0.1) is 11.5 Å². The highest BCUT2D eigenvalue weighted by molar-refractivity contribution is 6.07. The van der Waals surface area contributed by atoms with Crippen molar-refractivity contribution < 1.29 is 14.3 Å². The lowest BCUT2D eigenvalue weighted by atomic mass is 10.1. The molecule has 3 rings (SSSR count). The summed E-state index contributed by atoms with van der Waals surface area (Å²) < 4.78 is 12.5. The molecule has 0 atom stereocenters. The lowest BCUT2D eigenvalue weighted by Crippen LogP contribution is -2.00. The average molecular weight is 374 g/mol. The number of tetrazole rings is 1. The SMILES string of the molecule is C#CCOc1ccc(/C=C/C(=O)c2cccc(-n3cnnn3)c2)cc1OCC. The van der Waals surface area contributed by atoms with Crippen LogP contribution in [0, 0.1) is 12.3 Å². The Morgan fingerprint density at radius 3 is 2.86 bits per heavy atom. The predicted octanol–water partition coefficient (Wildman–Crippen LogP) is 2.97. The molecule has 0 aliphatic carbocycles. The Morgan fingerprint density at radius 1 is 1.21 bits per heavy atom. The van der Waals surface area contributed by atoms with Crippen molar-refractivity contribution in [3.63, 3.8) is 0 Å². The van der Waals surface area contributed by atoms with Gasteiger partial charge in [-0.2, -0.15) is 0 Å². The molecule has 0 N–H and O–H groups in total. The predicted molar refractivity (Wildman–Crippen MR) is 104 cm³/mol. The molecule has 7 nitrogen and oxygen atoms in total. The van der Waals surface area contributed by atoms with E-state index in [-0.39, 0.29) is 12.4 Å². The van der Waals surface area contributed by atoms with Gasteiger partial charge in [0.2, 0.25) is 0 Å². The molecule has 0 fully saturated rings. The number of carbonyl (C=O) groups is 1. The molecule has 0 saturated carbocycles. The Bertz CT molecular complexity index is 1020. The minimum absolute atomic E-state index is 0.138. The second kappa shape index (κ2) is 9.14. The van der Waals surface area contributed by atoms with E-state index in [2.05, 4.69) is 21.4 Å². The van der Waals surface area contributed by atoms with Gasteiger partial charge < -0.3 is 9.47 Å². The van der Waals surface area contributed by atoms with Crippen LogP contribution in [0.4, 0.5) is 0 Å². The van der Waals surface area contributed by atoms with Crippen LogP contribution >= 0.6 is 0 Å². The maximum Gasteiger partial charge on any atom is 0.185 e. The van der Waals surface area contributed by atoms with E-state index in [0.29, 0.717) is 29.4 Å². The summed E-state index contributed by atoms with van der Waals surface area (Å²) in [6.07, 6.45) is 9.93. The standard InChI is InChI=1S/C21H18N4O3/c1-3-12-28-20-11-9-16(13-21(20)27-4-2)8-10-19(26)17-6-5-7-18(14-17)25-15-22-23-24-25/h1,5-11,13-15H,4,12H2,2H3/b10-8+. The van der Waals surface area contributed by atoms with Crippen molar-refractivity contribution in [2.45, 2.75) is 6.92 Å². The Labute approximate surface area is 162 Å². The maximum absolute atomic E-state index is 12.5. The van der Waals surface area contributed by atoms with Crippen LogP contribution in [0.25, 0.3) is 11.8 Å². The van der Waals surface area contributed by atoms with Gasteiger partial charge in [-0.1, -0.05) is 30.2 Å². The molecule has 28 heavy (non-hydrogen) atoms. The lowest BCUT2D eigenvalue weighted by molar-refractivity contribution is 0.104. The third-order valence-electron chi connectivity index (χ3n) is 3.75. The van der Waals surface area contributed by atoms with Crippen molar-refractivity contribution in [1.82, 2.24) is 20.2 Å². The van der Waals surface area contributed by atoms with Crippen LogP contribution in [-0.2, 0) is 0 Å². The van der Waals surface area contributed by atoms with Crippen molar-refractivity contribution in [2.75, 3.05) is 13.2 Å². The molecule has 2 aromatic carbocycles. The molecule has 1 aromatic heterocycles. The Morgan fingerprint density at radius 2 is 2.11 bits per heavy atom. The third kappa shape index (κ3) is 4.62. The largest absolute Gasteiger partial charge is 0.490 e. The van der Waals surface area contributed by atoms with Gasteiger partial charge >= 0.3 is 0 Å². The van der Waals surface area contributed by atoms with Crippen molar-refractivity contribution in [3.05, 3.63) is 66.0 Å². The van der Waals surface area contributed by atoms with E-state index in [0.717, 1.165) is 5.56 Å². The van der Waals surface area contributed by atoms with Gasteiger partial charge in [-0.25, -0.2) is 4.68 Å². The summed E-state index contributed by atoms with van der Waals surface area (Å²) >= 11 is 0. The molecule has 140 valence electrons. The molecule has 0 aliphatic heterocycles. The molecule has 0 bridgehead atoms. The number of nitrogens with zero attached hydrogens (tertiary/aromatic N) is 4. The van der Waals surface area contributed by atoms with E-state index in [1.807, 2.05) is 19.1 Å². The van der Waals surface area contributed by atoms with Crippen LogP contribution in [-0.4, -0.2) is 39.2 Å². The Hall–Kier alpha value is -3.92. The first-order valence-electron chi connectivity index (χ1n) is 8.60. The minimum Gasteiger partial charge on any atom is -0.490 e. The highest BCUT2D eigenvalue weighted by atomic mass is 16.5. The quantitative estimate of drug-likeness (QED) is 0.343. The molecular formula is C21H18N4O3. The molecule has 3 aromatic rings. The third-order valence-corrected chi connectivity index (χ3v) is 3.75. The fraction of sp³-hybridized carbons (Fsp3) is 0.143. The monoisotopic (exact) mass is 374 g/mol. The van der Waals surface area contributed by atoms with Crippen LogP contribution in [0.5, 0.6) is 11.5 Å². The van der Waals surface area contributed by atoms with Gasteiger partial charge in [0.15, 0.2) is 17.3 Å².